The van der Waals surface area contributed by atoms with Gasteiger partial charge in [0.25, 0.3) is 5.91 Å². The number of hydrogen-bond acceptors (Lipinski definition) is 5. The number of thiazole rings is 1. The van der Waals surface area contributed by atoms with Crippen molar-refractivity contribution in [1.29, 1.82) is 0 Å². The third-order valence-corrected chi connectivity index (χ3v) is 3.40. The average molecular weight is 313 g/mol. The van der Waals surface area contributed by atoms with Crippen LogP contribution in [0, 0.1) is 28.7 Å². The van der Waals surface area contributed by atoms with Crippen molar-refractivity contribution < 1.29 is 18.5 Å². The molecule has 21 heavy (non-hydrogen) atoms. The van der Waals surface area contributed by atoms with Crippen LogP contribution in [0.5, 0.6) is 0 Å². The van der Waals surface area contributed by atoms with Crippen LogP contribution >= 0.6 is 11.3 Å². The first kappa shape index (κ1) is 15.0. The van der Waals surface area contributed by atoms with Crippen LogP contribution in [0.4, 0.5) is 14.5 Å². The number of carbonyl (C=O) groups is 1. The molecule has 110 valence electrons. The van der Waals surface area contributed by atoms with Crippen LogP contribution in [0.1, 0.15) is 21.1 Å². The largest absolute Gasteiger partial charge is 0.346 e. The summed E-state index contributed by atoms with van der Waals surface area (Å²) in [6.45, 7) is 1.85. The molecule has 2 rings (SSSR count). The minimum atomic E-state index is -1.27. The topological polar surface area (TPSA) is 85.1 Å². The normalized spacial score (nSPS) is 10.4. The Hall–Kier alpha value is -2.42. The number of hydrogen-bond donors (Lipinski definition) is 1. The fourth-order valence-electron chi connectivity index (χ4n) is 1.61. The van der Waals surface area contributed by atoms with Gasteiger partial charge >= 0.3 is 5.69 Å². The highest BCUT2D eigenvalue weighted by molar-refractivity contribution is 7.09. The summed E-state index contributed by atoms with van der Waals surface area (Å²) in [6, 6.07) is 0.895. The molecule has 9 heteroatoms. The third kappa shape index (κ3) is 3.37. The van der Waals surface area contributed by atoms with Crippen LogP contribution in [0.3, 0.4) is 0 Å². The molecule has 0 fully saturated rings. The molecule has 0 spiro atoms. The highest BCUT2D eigenvalue weighted by Gasteiger charge is 2.22. The van der Waals surface area contributed by atoms with Gasteiger partial charge in [0.2, 0.25) is 5.82 Å². The molecule has 0 saturated heterocycles. The second-order valence-electron chi connectivity index (χ2n) is 4.08. The van der Waals surface area contributed by atoms with Crippen LogP contribution in [-0.4, -0.2) is 15.8 Å². The molecule has 0 aliphatic carbocycles. The predicted octanol–water partition coefficient (Wildman–Crippen LogP) is 2.57. The van der Waals surface area contributed by atoms with Crippen LogP contribution in [0.2, 0.25) is 0 Å². The standard InChI is InChI=1S/C12H9F2N3O3S/c1-6-16-7(5-21-6)4-15-12(18)8-2-10(14)11(17(19)20)3-9(8)13/h2-3,5H,4H2,1H3,(H,15,18). The Morgan fingerprint density at radius 3 is 2.71 bits per heavy atom. The van der Waals surface area contributed by atoms with Crippen LogP contribution in [0.15, 0.2) is 17.5 Å². The number of aryl methyl sites for hydroxylation is 1. The number of nitrogens with zero attached hydrogens (tertiary/aromatic N) is 2. The molecule has 1 heterocycles. The Morgan fingerprint density at radius 2 is 2.14 bits per heavy atom. The maximum Gasteiger partial charge on any atom is 0.307 e. The van der Waals surface area contributed by atoms with E-state index in [9.17, 15) is 23.7 Å². The smallest absolute Gasteiger partial charge is 0.307 e. The number of benzene rings is 1. The minimum Gasteiger partial charge on any atom is -0.346 e. The van der Waals surface area contributed by atoms with Crippen molar-refractivity contribution in [3.05, 3.63) is 55.5 Å². The zero-order valence-electron chi connectivity index (χ0n) is 10.7. The number of amides is 1. The molecule has 0 bridgehead atoms. The zero-order chi connectivity index (χ0) is 15.6. The van der Waals surface area contributed by atoms with Gasteiger partial charge in [-0.05, 0) is 13.0 Å². The van der Waals surface area contributed by atoms with E-state index in [1.807, 2.05) is 0 Å². The quantitative estimate of drug-likeness (QED) is 0.694. The summed E-state index contributed by atoms with van der Waals surface area (Å²) < 4.78 is 27.0. The molecule has 1 aromatic heterocycles. The van der Waals surface area contributed by atoms with Gasteiger partial charge in [-0.1, -0.05) is 0 Å². The summed E-state index contributed by atoms with van der Waals surface area (Å²) in [6.07, 6.45) is 0. The molecule has 2 aromatic rings. The summed E-state index contributed by atoms with van der Waals surface area (Å²) in [7, 11) is 0. The van der Waals surface area contributed by atoms with E-state index in [4.69, 9.17) is 0 Å². The third-order valence-electron chi connectivity index (χ3n) is 2.57. The lowest BCUT2D eigenvalue weighted by Crippen LogP contribution is -2.24. The molecule has 1 amide bonds. The molecule has 0 saturated carbocycles. The summed E-state index contributed by atoms with van der Waals surface area (Å²) in [5.41, 5.74) is -1.02. The molecular weight excluding hydrogens is 304 g/mol. The van der Waals surface area contributed by atoms with E-state index in [1.165, 1.54) is 11.3 Å². The lowest BCUT2D eigenvalue weighted by atomic mass is 10.1. The second-order valence-corrected chi connectivity index (χ2v) is 5.14. The number of rotatable bonds is 4. The van der Waals surface area contributed by atoms with E-state index in [0.29, 0.717) is 17.8 Å². The molecular formula is C12H9F2N3O3S. The predicted molar refractivity (Wildman–Crippen MR) is 71.0 cm³/mol. The molecule has 6 nitrogen and oxygen atoms in total. The van der Waals surface area contributed by atoms with Gasteiger partial charge in [-0.2, -0.15) is 4.39 Å². The van der Waals surface area contributed by atoms with Crippen molar-refractivity contribution in [2.24, 2.45) is 0 Å². The van der Waals surface area contributed by atoms with Crippen molar-refractivity contribution >= 4 is 22.9 Å². The number of carbonyl (C=O) groups excluding carboxylic acids is 1. The highest BCUT2D eigenvalue weighted by atomic mass is 32.1. The first-order valence-corrected chi connectivity index (χ1v) is 6.59. The van der Waals surface area contributed by atoms with Gasteiger partial charge in [-0.3, -0.25) is 14.9 Å². The van der Waals surface area contributed by atoms with Gasteiger partial charge in [0.15, 0.2) is 0 Å². The molecule has 0 aliphatic heterocycles. The van der Waals surface area contributed by atoms with Crippen molar-refractivity contribution in [2.45, 2.75) is 13.5 Å². The summed E-state index contributed by atoms with van der Waals surface area (Å²) in [5.74, 6) is -3.29. The number of halogens is 2. The zero-order valence-corrected chi connectivity index (χ0v) is 11.5. The van der Waals surface area contributed by atoms with Crippen molar-refractivity contribution in [3.63, 3.8) is 0 Å². The molecule has 1 N–H and O–H groups in total. The Bertz CT molecular complexity index is 718. The van der Waals surface area contributed by atoms with Crippen LogP contribution < -0.4 is 5.32 Å². The fourth-order valence-corrected chi connectivity index (χ4v) is 2.22. The molecule has 0 radical (unpaired) electrons. The van der Waals surface area contributed by atoms with Crippen LogP contribution in [-0.2, 0) is 6.54 Å². The van der Waals surface area contributed by atoms with Crippen LogP contribution in [0.25, 0.3) is 0 Å². The van der Waals surface area contributed by atoms with Gasteiger partial charge in [-0.25, -0.2) is 9.37 Å². The minimum absolute atomic E-state index is 0.0568. The summed E-state index contributed by atoms with van der Waals surface area (Å²) in [4.78, 5) is 25.3. The Balaban J connectivity index is 2.15. The molecule has 0 atom stereocenters. The van der Waals surface area contributed by atoms with E-state index in [1.54, 1.807) is 12.3 Å². The van der Waals surface area contributed by atoms with E-state index >= 15 is 0 Å². The average Bonchev–Trinajstić information content (AvgIpc) is 2.83. The summed E-state index contributed by atoms with van der Waals surface area (Å²) in [5, 5.41) is 15.4. The summed E-state index contributed by atoms with van der Waals surface area (Å²) >= 11 is 1.39. The Morgan fingerprint density at radius 1 is 1.43 bits per heavy atom. The van der Waals surface area contributed by atoms with E-state index in [-0.39, 0.29) is 6.54 Å². The van der Waals surface area contributed by atoms with Crippen molar-refractivity contribution in [1.82, 2.24) is 10.3 Å². The van der Waals surface area contributed by atoms with Gasteiger partial charge < -0.3 is 5.32 Å². The van der Waals surface area contributed by atoms with Gasteiger partial charge in [0, 0.05) is 5.38 Å². The first-order chi connectivity index (χ1) is 9.88. The van der Waals surface area contributed by atoms with Crippen molar-refractivity contribution in [2.75, 3.05) is 0 Å². The van der Waals surface area contributed by atoms with E-state index in [2.05, 4.69) is 10.3 Å². The van der Waals surface area contributed by atoms with Crippen molar-refractivity contribution in [3.8, 4) is 0 Å². The molecule has 0 unspecified atom stereocenters. The maximum atomic E-state index is 13.6. The number of nitro benzene ring substituents is 1. The fraction of sp³-hybridized carbons (Fsp3) is 0.167. The van der Waals surface area contributed by atoms with Gasteiger partial charge in [0.05, 0.1) is 33.8 Å². The van der Waals surface area contributed by atoms with E-state index < -0.39 is 33.7 Å². The SMILES string of the molecule is Cc1nc(CNC(=O)c2cc(F)c([N+](=O)[O-])cc2F)cs1. The first-order valence-electron chi connectivity index (χ1n) is 5.71. The molecule has 1 aromatic carbocycles. The number of nitrogens with one attached hydrogen (secondary N) is 1. The maximum absolute atomic E-state index is 13.6. The van der Waals surface area contributed by atoms with Gasteiger partial charge in [-0.15, -0.1) is 11.3 Å². The second kappa shape index (κ2) is 5.92. The number of nitro groups is 1. The monoisotopic (exact) mass is 313 g/mol. The van der Waals surface area contributed by atoms with E-state index in [0.717, 1.165) is 5.01 Å². The van der Waals surface area contributed by atoms with Gasteiger partial charge in [0.1, 0.15) is 5.82 Å². The Labute approximate surface area is 121 Å². The highest BCUT2D eigenvalue weighted by Crippen LogP contribution is 2.21. The Kier molecular flexibility index (Phi) is 4.22. The lowest BCUT2D eigenvalue weighted by Gasteiger charge is -2.05. The molecule has 0 aliphatic rings. The lowest BCUT2D eigenvalue weighted by molar-refractivity contribution is -0.387. The number of aromatic nitrogens is 1.